The Morgan fingerprint density at radius 3 is 2.53 bits per heavy atom. The van der Waals surface area contributed by atoms with E-state index < -0.39 is 0 Å². The Bertz CT molecular complexity index is 468. The van der Waals surface area contributed by atoms with E-state index in [1.54, 1.807) is 0 Å². The Hall–Kier alpha value is -1.35. The molecule has 2 aliphatic rings. The van der Waals surface area contributed by atoms with E-state index >= 15 is 0 Å². The summed E-state index contributed by atoms with van der Waals surface area (Å²) in [6, 6.07) is 7.71. The molecule has 2 aliphatic carbocycles. The Morgan fingerprint density at radius 1 is 1.26 bits per heavy atom. The minimum absolute atomic E-state index is 0.0245. The monoisotopic (exact) mass is 259 g/mol. The second-order valence-corrected chi connectivity index (χ2v) is 6.01. The number of nitrogens with zero attached hydrogens (tertiary/aromatic N) is 1. The van der Waals surface area contributed by atoms with Crippen LogP contribution in [0.25, 0.3) is 0 Å². The highest BCUT2D eigenvalue weighted by molar-refractivity contribution is 5.94. The van der Waals surface area contributed by atoms with Crippen LogP contribution in [0.15, 0.2) is 24.3 Å². The maximum absolute atomic E-state index is 12.5. The quantitative estimate of drug-likeness (QED) is 0.905. The second-order valence-electron chi connectivity index (χ2n) is 6.01. The molecule has 3 heteroatoms. The van der Waals surface area contributed by atoms with Crippen molar-refractivity contribution in [1.82, 2.24) is 4.90 Å². The van der Waals surface area contributed by atoms with Crippen molar-refractivity contribution in [2.24, 2.45) is 11.8 Å². The van der Waals surface area contributed by atoms with Crippen LogP contribution in [0.2, 0.25) is 0 Å². The molecule has 3 unspecified atom stereocenters. The van der Waals surface area contributed by atoms with Gasteiger partial charge in [0.25, 0.3) is 5.91 Å². The lowest BCUT2D eigenvalue weighted by molar-refractivity contribution is 0.0677. The molecule has 0 aromatic heterocycles. The van der Waals surface area contributed by atoms with Crippen LogP contribution in [-0.4, -0.2) is 29.0 Å². The molecule has 1 aromatic rings. The van der Waals surface area contributed by atoms with Crippen LogP contribution in [0.5, 0.6) is 0 Å². The van der Waals surface area contributed by atoms with E-state index in [-0.39, 0.29) is 12.5 Å². The first-order valence-corrected chi connectivity index (χ1v) is 7.16. The zero-order valence-corrected chi connectivity index (χ0v) is 11.4. The van der Waals surface area contributed by atoms with E-state index in [1.807, 2.05) is 36.2 Å². The molecule has 0 saturated heterocycles. The van der Waals surface area contributed by atoms with Gasteiger partial charge < -0.3 is 10.0 Å². The van der Waals surface area contributed by atoms with E-state index in [1.165, 1.54) is 25.7 Å². The average molecular weight is 259 g/mol. The van der Waals surface area contributed by atoms with Crippen molar-refractivity contribution in [3.8, 4) is 0 Å². The van der Waals surface area contributed by atoms with E-state index in [4.69, 9.17) is 5.11 Å². The van der Waals surface area contributed by atoms with Gasteiger partial charge in [-0.05, 0) is 48.8 Å². The Morgan fingerprint density at radius 2 is 2.00 bits per heavy atom. The molecular weight excluding hydrogens is 238 g/mol. The third kappa shape index (κ3) is 2.27. The lowest BCUT2D eigenvalue weighted by atomic mass is 9.94. The van der Waals surface area contributed by atoms with Gasteiger partial charge in [-0.2, -0.15) is 0 Å². The summed E-state index contributed by atoms with van der Waals surface area (Å²) in [5.41, 5.74) is 1.57. The number of hydrogen-bond acceptors (Lipinski definition) is 2. The second kappa shape index (κ2) is 4.97. The summed E-state index contributed by atoms with van der Waals surface area (Å²) in [7, 11) is 1.94. The Kier molecular flexibility index (Phi) is 3.31. The number of carbonyl (C=O) groups is 1. The van der Waals surface area contributed by atoms with Crippen LogP contribution in [0.1, 0.15) is 41.6 Å². The van der Waals surface area contributed by atoms with Crippen LogP contribution in [0.3, 0.4) is 0 Å². The van der Waals surface area contributed by atoms with E-state index in [9.17, 15) is 4.79 Å². The predicted molar refractivity (Wildman–Crippen MR) is 73.7 cm³/mol. The van der Waals surface area contributed by atoms with Crippen molar-refractivity contribution >= 4 is 5.91 Å². The number of carbonyl (C=O) groups excluding carboxylic acids is 1. The van der Waals surface area contributed by atoms with Crippen molar-refractivity contribution in [3.63, 3.8) is 0 Å². The first-order valence-electron chi connectivity index (χ1n) is 7.16. The molecule has 19 heavy (non-hydrogen) atoms. The van der Waals surface area contributed by atoms with Gasteiger partial charge in [0, 0.05) is 18.7 Å². The lowest BCUT2D eigenvalue weighted by Crippen LogP contribution is -2.40. The van der Waals surface area contributed by atoms with Gasteiger partial charge in [0.2, 0.25) is 0 Å². The lowest BCUT2D eigenvalue weighted by Gasteiger charge is -2.31. The molecule has 3 nitrogen and oxygen atoms in total. The predicted octanol–water partition coefficient (Wildman–Crippen LogP) is 2.44. The first kappa shape index (κ1) is 12.7. The zero-order chi connectivity index (χ0) is 13.4. The smallest absolute Gasteiger partial charge is 0.253 e. The molecule has 1 N–H and O–H groups in total. The molecule has 0 heterocycles. The topological polar surface area (TPSA) is 40.5 Å². The van der Waals surface area contributed by atoms with Crippen LogP contribution < -0.4 is 0 Å². The zero-order valence-electron chi connectivity index (χ0n) is 11.4. The number of hydrogen-bond donors (Lipinski definition) is 1. The third-order valence-corrected chi connectivity index (χ3v) is 4.90. The summed E-state index contributed by atoms with van der Waals surface area (Å²) in [5.74, 6) is 1.68. The molecule has 0 aliphatic heterocycles. The summed E-state index contributed by atoms with van der Waals surface area (Å²) < 4.78 is 0. The van der Waals surface area contributed by atoms with E-state index in [2.05, 4.69) is 0 Å². The minimum atomic E-state index is 0.0245. The average Bonchev–Trinajstić information content (AvgIpc) is 3.08. The molecule has 0 radical (unpaired) electrons. The number of aliphatic hydroxyl groups is 1. The Balaban J connectivity index is 1.72. The first-order chi connectivity index (χ1) is 9.19. The highest BCUT2D eigenvalue weighted by Crippen LogP contribution is 2.46. The van der Waals surface area contributed by atoms with E-state index in [0.717, 1.165) is 23.0 Å². The maximum atomic E-state index is 12.5. The normalized spacial score (nSPS) is 28.6. The molecular formula is C16H21NO2. The molecule has 1 amide bonds. The molecule has 3 rings (SSSR count). The summed E-state index contributed by atoms with van der Waals surface area (Å²) in [6.07, 6.45) is 5.14. The number of fused-ring (bicyclic) bond motifs is 2. The van der Waals surface area contributed by atoms with Crippen LogP contribution >= 0.6 is 0 Å². The highest BCUT2D eigenvalue weighted by atomic mass is 16.3. The molecule has 0 spiro atoms. The van der Waals surface area contributed by atoms with Gasteiger partial charge in [-0.15, -0.1) is 0 Å². The number of amides is 1. The summed E-state index contributed by atoms with van der Waals surface area (Å²) in [6.45, 7) is 0.0245. The van der Waals surface area contributed by atoms with Crippen molar-refractivity contribution in [2.75, 3.05) is 7.05 Å². The van der Waals surface area contributed by atoms with Gasteiger partial charge in [-0.25, -0.2) is 0 Å². The third-order valence-electron chi connectivity index (χ3n) is 4.90. The fourth-order valence-electron chi connectivity index (χ4n) is 3.79. The van der Waals surface area contributed by atoms with Crippen LogP contribution in [-0.2, 0) is 6.61 Å². The summed E-state index contributed by atoms with van der Waals surface area (Å²) >= 11 is 0. The van der Waals surface area contributed by atoms with Gasteiger partial charge in [0.05, 0.1) is 6.61 Å². The summed E-state index contributed by atoms with van der Waals surface area (Å²) in [4.78, 5) is 14.4. The van der Waals surface area contributed by atoms with Crippen molar-refractivity contribution in [1.29, 1.82) is 0 Å². The number of aliphatic hydroxyl groups excluding tert-OH is 1. The maximum Gasteiger partial charge on any atom is 0.253 e. The minimum Gasteiger partial charge on any atom is -0.392 e. The van der Waals surface area contributed by atoms with Crippen molar-refractivity contribution in [2.45, 2.75) is 38.3 Å². The fraction of sp³-hybridized carbons (Fsp3) is 0.562. The van der Waals surface area contributed by atoms with Crippen LogP contribution in [0.4, 0.5) is 0 Å². The van der Waals surface area contributed by atoms with Gasteiger partial charge in [0.15, 0.2) is 0 Å². The van der Waals surface area contributed by atoms with Crippen molar-refractivity contribution in [3.05, 3.63) is 35.4 Å². The van der Waals surface area contributed by atoms with Crippen LogP contribution in [0, 0.1) is 11.8 Å². The van der Waals surface area contributed by atoms with Gasteiger partial charge >= 0.3 is 0 Å². The molecule has 3 atom stereocenters. The molecule has 2 saturated carbocycles. The van der Waals surface area contributed by atoms with Gasteiger partial charge in [-0.1, -0.05) is 18.6 Å². The largest absolute Gasteiger partial charge is 0.392 e. The Labute approximate surface area is 114 Å². The molecule has 1 aromatic carbocycles. The molecule has 2 fully saturated rings. The SMILES string of the molecule is CN(C(=O)c1ccc(CO)cc1)C1CC2CCC1C2. The van der Waals surface area contributed by atoms with Gasteiger partial charge in [-0.3, -0.25) is 4.79 Å². The standard InChI is InChI=1S/C16H21NO2/c1-17(15-9-12-4-7-14(15)8-12)16(19)13-5-2-11(10-18)3-6-13/h2-3,5-6,12,14-15,18H,4,7-10H2,1H3. The number of rotatable bonds is 3. The molecule has 102 valence electrons. The molecule has 2 bridgehead atoms. The fourth-order valence-corrected chi connectivity index (χ4v) is 3.79. The highest BCUT2D eigenvalue weighted by Gasteiger charge is 2.42. The van der Waals surface area contributed by atoms with Crippen molar-refractivity contribution < 1.29 is 9.90 Å². The van der Waals surface area contributed by atoms with Gasteiger partial charge in [0.1, 0.15) is 0 Å². The number of benzene rings is 1. The summed E-state index contributed by atoms with van der Waals surface area (Å²) in [5, 5.41) is 9.03. The van der Waals surface area contributed by atoms with E-state index in [0.29, 0.717) is 6.04 Å².